The van der Waals surface area contributed by atoms with Gasteiger partial charge >= 0.3 is 0 Å². The predicted molar refractivity (Wildman–Crippen MR) is 44.9 cm³/mol. The van der Waals surface area contributed by atoms with Gasteiger partial charge in [0, 0.05) is 14.1 Å². The minimum Gasteiger partial charge on any atom is -0.384 e. The smallest absolute Gasteiger partial charge is 0.00555 e. The van der Waals surface area contributed by atoms with Crippen LogP contribution in [0, 0.1) is 5.92 Å². The number of nitrogens with zero attached hydrogens (tertiary/aromatic N) is 1. The van der Waals surface area contributed by atoms with Crippen LogP contribution in [0.4, 0.5) is 0 Å². The lowest BCUT2D eigenvalue weighted by Gasteiger charge is -2.03. The summed E-state index contributed by atoms with van der Waals surface area (Å²) in [4.78, 5) is 2.04. The van der Waals surface area contributed by atoms with E-state index in [1.165, 1.54) is 0 Å². The molecule has 0 rings (SSSR count). The third-order valence-corrected chi connectivity index (χ3v) is 0.769. The van der Waals surface area contributed by atoms with Crippen molar-refractivity contribution in [3.05, 3.63) is 12.3 Å². The lowest BCUT2D eigenvalue weighted by Crippen LogP contribution is -2.00. The molecule has 0 spiro atoms. The molecule has 9 heavy (non-hydrogen) atoms. The summed E-state index contributed by atoms with van der Waals surface area (Å²) in [6, 6.07) is 0. The summed E-state index contributed by atoms with van der Waals surface area (Å²) in [5.74, 6) is 0.664. The zero-order chi connectivity index (χ0) is 6.57. The molecule has 1 nitrogen and oxygen atoms in total. The molecule has 0 aliphatic carbocycles. The molecule has 0 fully saturated rings. The highest BCUT2D eigenvalue weighted by molar-refractivity contribution is 5.85. The molecule has 0 heterocycles. The molecule has 0 amide bonds. The summed E-state index contributed by atoms with van der Waals surface area (Å²) in [5, 5.41) is 0. The Morgan fingerprint density at radius 1 is 1.22 bits per heavy atom. The molecule has 0 aromatic heterocycles. The van der Waals surface area contributed by atoms with Crippen LogP contribution in [0.25, 0.3) is 0 Å². The maximum atomic E-state index is 2.17. The summed E-state index contributed by atoms with van der Waals surface area (Å²) < 4.78 is 0. The van der Waals surface area contributed by atoms with Gasteiger partial charge < -0.3 is 4.90 Å². The van der Waals surface area contributed by atoms with E-state index >= 15 is 0 Å². The largest absolute Gasteiger partial charge is 0.384 e. The monoisotopic (exact) mass is 149 g/mol. The summed E-state index contributed by atoms with van der Waals surface area (Å²) in [6.45, 7) is 4.33. The highest BCUT2D eigenvalue weighted by atomic mass is 35.5. The van der Waals surface area contributed by atoms with Crippen molar-refractivity contribution in [2.24, 2.45) is 5.92 Å². The average molecular weight is 150 g/mol. The van der Waals surface area contributed by atoms with Gasteiger partial charge in [-0.05, 0) is 12.1 Å². The van der Waals surface area contributed by atoms with Crippen molar-refractivity contribution in [3.8, 4) is 0 Å². The molecule has 0 atom stereocenters. The average Bonchev–Trinajstić information content (AvgIpc) is 1.61. The van der Waals surface area contributed by atoms with Crippen LogP contribution in [0.1, 0.15) is 13.8 Å². The van der Waals surface area contributed by atoms with Crippen molar-refractivity contribution in [2.75, 3.05) is 14.1 Å². The van der Waals surface area contributed by atoms with E-state index in [4.69, 9.17) is 0 Å². The summed E-state index contributed by atoms with van der Waals surface area (Å²) in [5.41, 5.74) is 0. The number of allylic oxidation sites excluding steroid dienone is 1. The Morgan fingerprint density at radius 2 is 1.67 bits per heavy atom. The highest BCUT2D eigenvalue weighted by Gasteiger charge is 1.81. The lowest BCUT2D eigenvalue weighted by atomic mass is 10.2. The van der Waals surface area contributed by atoms with Crippen LogP contribution in [0.15, 0.2) is 12.3 Å². The fourth-order valence-electron chi connectivity index (χ4n) is 0.344. The molecule has 0 bridgehead atoms. The molecule has 0 saturated carbocycles. The number of hydrogen-bond acceptors (Lipinski definition) is 1. The van der Waals surface area contributed by atoms with Crippen LogP contribution in [0.3, 0.4) is 0 Å². The quantitative estimate of drug-likeness (QED) is 0.582. The van der Waals surface area contributed by atoms with Crippen molar-refractivity contribution in [2.45, 2.75) is 13.8 Å². The van der Waals surface area contributed by atoms with Gasteiger partial charge in [0.05, 0.1) is 0 Å². The van der Waals surface area contributed by atoms with Gasteiger partial charge in [-0.2, -0.15) is 0 Å². The molecular formula is C7H16ClN. The second kappa shape index (κ2) is 5.96. The molecule has 0 saturated heterocycles. The SMILES string of the molecule is CC(C)C=CN(C)C.Cl. The number of rotatable bonds is 2. The van der Waals surface area contributed by atoms with E-state index in [0.29, 0.717) is 5.92 Å². The van der Waals surface area contributed by atoms with Crippen LogP contribution in [0.5, 0.6) is 0 Å². The van der Waals surface area contributed by atoms with Crippen LogP contribution < -0.4 is 0 Å². The molecule has 0 aromatic carbocycles. The van der Waals surface area contributed by atoms with Gasteiger partial charge in [-0.1, -0.05) is 19.9 Å². The number of halogens is 1. The second-order valence-electron chi connectivity index (χ2n) is 2.55. The van der Waals surface area contributed by atoms with Gasteiger partial charge in [-0.3, -0.25) is 0 Å². The van der Waals surface area contributed by atoms with E-state index in [0.717, 1.165) is 0 Å². The first-order valence-corrected chi connectivity index (χ1v) is 2.97. The Labute approximate surface area is 64.2 Å². The Morgan fingerprint density at radius 3 is 1.78 bits per heavy atom. The van der Waals surface area contributed by atoms with Crippen molar-refractivity contribution in [3.63, 3.8) is 0 Å². The van der Waals surface area contributed by atoms with E-state index in [2.05, 4.69) is 26.1 Å². The lowest BCUT2D eigenvalue weighted by molar-refractivity contribution is 0.556. The standard InChI is InChI=1S/C7H15N.ClH/c1-7(2)5-6-8(3)4;/h5-7H,1-4H3;1H. The van der Waals surface area contributed by atoms with E-state index in [-0.39, 0.29) is 12.4 Å². The van der Waals surface area contributed by atoms with Gasteiger partial charge in [-0.25, -0.2) is 0 Å². The molecule has 0 aliphatic heterocycles. The van der Waals surface area contributed by atoms with E-state index < -0.39 is 0 Å². The van der Waals surface area contributed by atoms with Crippen molar-refractivity contribution < 1.29 is 0 Å². The highest BCUT2D eigenvalue weighted by Crippen LogP contribution is 1.92. The first-order valence-electron chi connectivity index (χ1n) is 2.97. The van der Waals surface area contributed by atoms with Gasteiger partial charge in [0.1, 0.15) is 0 Å². The van der Waals surface area contributed by atoms with Crippen LogP contribution in [-0.4, -0.2) is 19.0 Å². The molecule has 0 unspecified atom stereocenters. The van der Waals surface area contributed by atoms with Crippen molar-refractivity contribution in [1.29, 1.82) is 0 Å². The maximum absolute atomic E-state index is 2.17. The van der Waals surface area contributed by atoms with Crippen LogP contribution in [0.2, 0.25) is 0 Å². The topological polar surface area (TPSA) is 3.24 Å². The molecule has 0 aromatic rings. The normalized spacial score (nSPS) is 9.89. The summed E-state index contributed by atoms with van der Waals surface area (Å²) >= 11 is 0. The molecular weight excluding hydrogens is 134 g/mol. The zero-order valence-electron chi connectivity index (χ0n) is 6.59. The Kier molecular flexibility index (Phi) is 7.68. The fourth-order valence-corrected chi connectivity index (χ4v) is 0.344. The van der Waals surface area contributed by atoms with Gasteiger partial charge in [0.2, 0.25) is 0 Å². The van der Waals surface area contributed by atoms with Gasteiger partial charge in [0.15, 0.2) is 0 Å². The number of hydrogen-bond donors (Lipinski definition) is 0. The van der Waals surface area contributed by atoms with E-state index in [1.54, 1.807) is 0 Å². The third-order valence-electron chi connectivity index (χ3n) is 0.769. The Bertz CT molecular complexity index is 67.0. The van der Waals surface area contributed by atoms with Gasteiger partial charge in [0.25, 0.3) is 0 Å². The van der Waals surface area contributed by atoms with Crippen LogP contribution in [-0.2, 0) is 0 Å². The first kappa shape index (κ1) is 11.6. The summed E-state index contributed by atoms with van der Waals surface area (Å²) in [7, 11) is 4.05. The molecule has 56 valence electrons. The molecule has 0 aliphatic rings. The zero-order valence-corrected chi connectivity index (χ0v) is 7.40. The molecule has 0 radical (unpaired) electrons. The Balaban J connectivity index is 0. The summed E-state index contributed by atoms with van der Waals surface area (Å²) in [6.07, 6.45) is 4.24. The van der Waals surface area contributed by atoms with E-state index in [9.17, 15) is 0 Å². The Hall–Kier alpha value is -0.170. The first-order chi connectivity index (χ1) is 3.63. The molecule has 0 N–H and O–H groups in total. The third kappa shape index (κ3) is 11.4. The molecule has 2 heteroatoms. The van der Waals surface area contributed by atoms with E-state index in [1.807, 2.05) is 19.0 Å². The van der Waals surface area contributed by atoms with Crippen molar-refractivity contribution >= 4 is 12.4 Å². The minimum absolute atomic E-state index is 0. The second-order valence-corrected chi connectivity index (χ2v) is 2.55. The minimum atomic E-state index is 0. The van der Waals surface area contributed by atoms with Crippen LogP contribution >= 0.6 is 12.4 Å². The van der Waals surface area contributed by atoms with Gasteiger partial charge in [-0.15, -0.1) is 12.4 Å². The fraction of sp³-hybridized carbons (Fsp3) is 0.714. The predicted octanol–water partition coefficient (Wildman–Crippen LogP) is 2.14. The van der Waals surface area contributed by atoms with Crippen molar-refractivity contribution in [1.82, 2.24) is 4.90 Å². The maximum Gasteiger partial charge on any atom is 0.00555 e.